The van der Waals surface area contributed by atoms with Crippen LogP contribution < -0.4 is 4.90 Å². The Balaban J connectivity index is 1.02. The molecule has 1 heteroatoms. The van der Waals surface area contributed by atoms with E-state index in [1.165, 1.54) is 87.2 Å². The molecule has 0 unspecified atom stereocenters. The summed E-state index contributed by atoms with van der Waals surface area (Å²) in [6.45, 7) is 0. The normalized spacial score (nSPS) is 11.5. The molecule has 11 rings (SSSR count). The lowest BCUT2D eigenvalue weighted by molar-refractivity contribution is 1.29. The van der Waals surface area contributed by atoms with Gasteiger partial charge in [0.25, 0.3) is 0 Å². The zero-order chi connectivity index (χ0) is 37.7. The second-order valence-corrected chi connectivity index (χ2v) is 14.9. The van der Waals surface area contributed by atoms with Crippen LogP contribution in [-0.2, 0) is 0 Å². The molecule has 0 atom stereocenters. The third-order valence-electron chi connectivity index (χ3n) is 11.6. The summed E-state index contributed by atoms with van der Waals surface area (Å²) in [6, 6.07) is 82.0. The Morgan fingerprint density at radius 3 is 1.63 bits per heavy atom. The highest BCUT2D eigenvalue weighted by molar-refractivity contribution is 6.22. The summed E-state index contributed by atoms with van der Waals surface area (Å²) in [5.41, 5.74) is 10.6. The van der Waals surface area contributed by atoms with Gasteiger partial charge in [-0.3, -0.25) is 0 Å². The third-order valence-corrected chi connectivity index (χ3v) is 11.6. The smallest absolute Gasteiger partial charge is 0.0468 e. The lowest BCUT2D eigenvalue weighted by Gasteiger charge is -2.27. The molecule has 0 amide bonds. The van der Waals surface area contributed by atoms with Crippen molar-refractivity contribution in [1.29, 1.82) is 0 Å². The van der Waals surface area contributed by atoms with Gasteiger partial charge in [0.2, 0.25) is 0 Å². The van der Waals surface area contributed by atoms with Gasteiger partial charge < -0.3 is 4.90 Å². The van der Waals surface area contributed by atoms with E-state index in [1.54, 1.807) is 0 Å². The summed E-state index contributed by atoms with van der Waals surface area (Å²) in [5.74, 6) is 0. The lowest BCUT2D eigenvalue weighted by Crippen LogP contribution is -2.10. The average Bonchev–Trinajstić information content (AvgIpc) is 3.29. The monoisotopic (exact) mass is 723 g/mol. The SMILES string of the molecule is c1ccc(-c2cccc(N(c3ccc(-c4cccc5ccccc45)cc3)c3ccc4cc(-c5cccc6c5ccc5ccc7ccccc7c56)ccc4c3)c2)cc1. The second-order valence-electron chi connectivity index (χ2n) is 14.9. The maximum absolute atomic E-state index is 2.38. The van der Waals surface area contributed by atoms with Crippen molar-refractivity contribution in [2.24, 2.45) is 0 Å². The standard InChI is InChI=1S/C56H37N/c1-2-11-38(12-3-1)43-16-8-17-48(36-43)57(47-31-27-41(28-32-47)51-20-9-15-39-13-4-6-18-50(39)51)49-33-29-44-35-46(26-25-45(44)37-49)52-21-10-22-55-54(52)34-30-42-24-23-40-14-5-7-19-53(40)56(42)55/h1-37H. The molecule has 0 aliphatic carbocycles. The van der Waals surface area contributed by atoms with Gasteiger partial charge in [0.1, 0.15) is 0 Å². The molecular formula is C56H37N. The van der Waals surface area contributed by atoms with Gasteiger partial charge in [-0.05, 0) is 130 Å². The summed E-state index contributed by atoms with van der Waals surface area (Å²) in [7, 11) is 0. The van der Waals surface area contributed by atoms with Crippen molar-refractivity contribution in [1.82, 2.24) is 0 Å². The number of rotatable bonds is 6. The van der Waals surface area contributed by atoms with Gasteiger partial charge in [-0.25, -0.2) is 0 Å². The summed E-state index contributed by atoms with van der Waals surface area (Å²) in [5, 5.41) is 12.6. The molecule has 1 nitrogen and oxygen atoms in total. The number of hydrogen-bond acceptors (Lipinski definition) is 1. The zero-order valence-electron chi connectivity index (χ0n) is 31.3. The first-order valence-corrected chi connectivity index (χ1v) is 19.7. The van der Waals surface area contributed by atoms with Gasteiger partial charge >= 0.3 is 0 Å². The maximum atomic E-state index is 2.38. The van der Waals surface area contributed by atoms with E-state index in [1.807, 2.05) is 0 Å². The molecule has 0 spiro atoms. The summed E-state index contributed by atoms with van der Waals surface area (Å²) < 4.78 is 0. The number of nitrogens with zero attached hydrogens (tertiary/aromatic N) is 1. The van der Waals surface area contributed by atoms with Crippen LogP contribution in [0, 0.1) is 0 Å². The number of fused-ring (bicyclic) bond motifs is 7. The van der Waals surface area contributed by atoms with Crippen LogP contribution in [0.2, 0.25) is 0 Å². The van der Waals surface area contributed by atoms with Gasteiger partial charge in [-0.15, -0.1) is 0 Å². The van der Waals surface area contributed by atoms with Crippen LogP contribution in [-0.4, -0.2) is 0 Å². The number of hydrogen-bond donors (Lipinski definition) is 0. The lowest BCUT2D eigenvalue weighted by atomic mass is 9.91. The van der Waals surface area contributed by atoms with Crippen LogP contribution in [0.3, 0.4) is 0 Å². The fourth-order valence-corrected chi connectivity index (χ4v) is 8.82. The van der Waals surface area contributed by atoms with E-state index in [4.69, 9.17) is 0 Å². The molecule has 0 saturated heterocycles. The molecule has 266 valence electrons. The highest BCUT2D eigenvalue weighted by atomic mass is 15.1. The van der Waals surface area contributed by atoms with Gasteiger partial charge in [0.05, 0.1) is 0 Å². The molecule has 11 aromatic rings. The Labute approximate surface area is 332 Å². The Morgan fingerprint density at radius 2 is 0.772 bits per heavy atom. The number of benzene rings is 11. The third kappa shape index (κ3) is 5.80. The molecule has 0 N–H and O–H groups in total. The van der Waals surface area contributed by atoms with Crippen molar-refractivity contribution in [2.45, 2.75) is 0 Å². The van der Waals surface area contributed by atoms with Crippen molar-refractivity contribution < 1.29 is 0 Å². The molecule has 0 radical (unpaired) electrons. The van der Waals surface area contributed by atoms with E-state index in [0.29, 0.717) is 0 Å². The Morgan fingerprint density at radius 1 is 0.228 bits per heavy atom. The van der Waals surface area contributed by atoms with Crippen molar-refractivity contribution in [3.05, 3.63) is 224 Å². The van der Waals surface area contributed by atoms with Crippen molar-refractivity contribution in [3.63, 3.8) is 0 Å². The molecule has 0 heterocycles. The molecule has 0 bridgehead atoms. The largest absolute Gasteiger partial charge is 0.310 e. The van der Waals surface area contributed by atoms with E-state index in [0.717, 1.165) is 17.1 Å². The van der Waals surface area contributed by atoms with E-state index >= 15 is 0 Å². The Bertz CT molecular complexity index is 3280. The van der Waals surface area contributed by atoms with Crippen molar-refractivity contribution in [3.8, 4) is 33.4 Å². The topological polar surface area (TPSA) is 3.24 Å². The minimum Gasteiger partial charge on any atom is -0.310 e. The molecule has 0 aromatic heterocycles. The van der Waals surface area contributed by atoms with E-state index in [2.05, 4.69) is 229 Å². The quantitative estimate of drug-likeness (QED) is 0.154. The van der Waals surface area contributed by atoms with Gasteiger partial charge in [-0.1, -0.05) is 182 Å². The van der Waals surface area contributed by atoms with Gasteiger partial charge in [0.15, 0.2) is 0 Å². The van der Waals surface area contributed by atoms with Crippen LogP contribution in [0.25, 0.3) is 87.2 Å². The first kappa shape index (κ1) is 32.9. The Hall–Kier alpha value is -7.48. The maximum Gasteiger partial charge on any atom is 0.0468 e. The fraction of sp³-hybridized carbons (Fsp3) is 0. The molecule has 0 aliphatic rings. The predicted molar refractivity (Wildman–Crippen MR) is 245 cm³/mol. The Kier molecular flexibility index (Phi) is 7.89. The van der Waals surface area contributed by atoms with Crippen molar-refractivity contribution >= 4 is 70.9 Å². The van der Waals surface area contributed by atoms with E-state index < -0.39 is 0 Å². The molecule has 57 heavy (non-hydrogen) atoms. The minimum absolute atomic E-state index is 1.11. The van der Waals surface area contributed by atoms with E-state index in [9.17, 15) is 0 Å². The highest BCUT2D eigenvalue weighted by Crippen LogP contribution is 2.41. The molecule has 0 aliphatic heterocycles. The number of anilines is 3. The predicted octanol–water partition coefficient (Wildman–Crippen LogP) is 15.9. The fourth-order valence-electron chi connectivity index (χ4n) is 8.82. The first-order valence-electron chi connectivity index (χ1n) is 19.7. The van der Waals surface area contributed by atoms with Crippen LogP contribution in [0.15, 0.2) is 224 Å². The first-order chi connectivity index (χ1) is 28.2. The minimum atomic E-state index is 1.11. The second kappa shape index (κ2) is 13.7. The summed E-state index contributed by atoms with van der Waals surface area (Å²) in [6.07, 6.45) is 0. The molecule has 0 fully saturated rings. The van der Waals surface area contributed by atoms with E-state index in [-0.39, 0.29) is 0 Å². The van der Waals surface area contributed by atoms with Crippen LogP contribution >= 0.6 is 0 Å². The molecule has 11 aromatic carbocycles. The van der Waals surface area contributed by atoms with Crippen LogP contribution in [0.5, 0.6) is 0 Å². The van der Waals surface area contributed by atoms with Crippen molar-refractivity contribution in [2.75, 3.05) is 4.90 Å². The van der Waals surface area contributed by atoms with Gasteiger partial charge in [-0.2, -0.15) is 0 Å². The van der Waals surface area contributed by atoms with Crippen LogP contribution in [0.1, 0.15) is 0 Å². The van der Waals surface area contributed by atoms with Gasteiger partial charge in [0, 0.05) is 17.1 Å². The van der Waals surface area contributed by atoms with Crippen LogP contribution in [0.4, 0.5) is 17.1 Å². The zero-order valence-corrected chi connectivity index (χ0v) is 31.3. The molecule has 0 saturated carbocycles. The summed E-state index contributed by atoms with van der Waals surface area (Å²) in [4.78, 5) is 2.38. The molecular weight excluding hydrogens is 687 g/mol. The average molecular weight is 724 g/mol. The highest BCUT2D eigenvalue weighted by Gasteiger charge is 2.16. The summed E-state index contributed by atoms with van der Waals surface area (Å²) >= 11 is 0.